The lowest BCUT2D eigenvalue weighted by molar-refractivity contribution is -0.134. The van der Waals surface area contributed by atoms with Gasteiger partial charge >= 0.3 is 11.9 Å². The SMILES string of the molecule is CC(=O)Oc1ccc(C(=O)c2ccccc2)cc1OC(C)=O. The molecule has 0 aliphatic carbocycles. The number of hydrogen-bond donors (Lipinski definition) is 0. The summed E-state index contributed by atoms with van der Waals surface area (Å²) >= 11 is 0. The van der Waals surface area contributed by atoms with Crippen molar-refractivity contribution in [3.05, 3.63) is 59.7 Å². The van der Waals surface area contributed by atoms with Crippen molar-refractivity contribution in [3.8, 4) is 11.5 Å². The maximum absolute atomic E-state index is 12.4. The molecule has 0 atom stereocenters. The van der Waals surface area contributed by atoms with Crippen LogP contribution in [-0.4, -0.2) is 17.7 Å². The Bertz CT molecular complexity index is 719. The lowest BCUT2D eigenvalue weighted by Crippen LogP contribution is -2.09. The Labute approximate surface area is 127 Å². The number of carbonyl (C=O) groups is 3. The minimum Gasteiger partial charge on any atom is -0.423 e. The molecule has 2 rings (SSSR count). The second kappa shape index (κ2) is 6.67. The lowest BCUT2D eigenvalue weighted by atomic mass is 10.0. The van der Waals surface area contributed by atoms with Crippen LogP contribution in [0.5, 0.6) is 11.5 Å². The molecule has 2 aromatic carbocycles. The second-order valence-corrected chi connectivity index (χ2v) is 4.54. The molecule has 0 amide bonds. The summed E-state index contributed by atoms with van der Waals surface area (Å²) in [5, 5.41) is 0. The first kappa shape index (κ1) is 15.4. The average molecular weight is 298 g/mol. The Balaban J connectivity index is 2.39. The first-order valence-electron chi connectivity index (χ1n) is 6.58. The van der Waals surface area contributed by atoms with E-state index < -0.39 is 11.9 Å². The molecule has 112 valence electrons. The van der Waals surface area contributed by atoms with Crippen LogP contribution in [0.1, 0.15) is 29.8 Å². The van der Waals surface area contributed by atoms with Crippen LogP contribution in [-0.2, 0) is 9.59 Å². The van der Waals surface area contributed by atoms with Crippen LogP contribution in [0.25, 0.3) is 0 Å². The molecular formula is C17H14O5. The smallest absolute Gasteiger partial charge is 0.308 e. The van der Waals surface area contributed by atoms with Gasteiger partial charge < -0.3 is 9.47 Å². The molecule has 0 spiro atoms. The molecule has 2 aromatic rings. The minimum absolute atomic E-state index is 0.0319. The number of rotatable bonds is 4. The van der Waals surface area contributed by atoms with Crippen molar-refractivity contribution < 1.29 is 23.9 Å². The van der Waals surface area contributed by atoms with Crippen LogP contribution >= 0.6 is 0 Å². The Morgan fingerprint density at radius 1 is 0.727 bits per heavy atom. The normalized spacial score (nSPS) is 9.91. The number of ketones is 1. The summed E-state index contributed by atoms with van der Waals surface area (Å²) in [5.74, 6) is -1.21. The summed E-state index contributed by atoms with van der Waals surface area (Å²) < 4.78 is 9.96. The predicted octanol–water partition coefficient (Wildman–Crippen LogP) is 2.77. The summed E-state index contributed by atoms with van der Waals surface area (Å²) in [5.41, 5.74) is 0.842. The Hall–Kier alpha value is -2.95. The van der Waals surface area contributed by atoms with Crippen LogP contribution in [0.2, 0.25) is 0 Å². The van der Waals surface area contributed by atoms with E-state index in [0.29, 0.717) is 11.1 Å². The summed E-state index contributed by atoms with van der Waals surface area (Å²) in [6, 6.07) is 13.0. The second-order valence-electron chi connectivity index (χ2n) is 4.54. The van der Waals surface area contributed by atoms with Crippen molar-refractivity contribution in [1.29, 1.82) is 0 Å². The lowest BCUT2D eigenvalue weighted by Gasteiger charge is -2.10. The highest BCUT2D eigenvalue weighted by Crippen LogP contribution is 2.29. The van der Waals surface area contributed by atoms with E-state index in [1.807, 2.05) is 6.07 Å². The number of hydrogen-bond acceptors (Lipinski definition) is 5. The van der Waals surface area contributed by atoms with Crippen molar-refractivity contribution >= 4 is 17.7 Å². The van der Waals surface area contributed by atoms with Crippen molar-refractivity contribution in [2.75, 3.05) is 0 Å². The van der Waals surface area contributed by atoms with E-state index in [9.17, 15) is 14.4 Å². The topological polar surface area (TPSA) is 69.7 Å². The first-order chi connectivity index (χ1) is 10.5. The maximum Gasteiger partial charge on any atom is 0.308 e. The van der Waals surface area contributed by atoms with Gasteiger partial charge in [0.1, 0.15) is 0 Å². The van der Waals surface area contributed by atoms with E-state index in [1.54, 1.807) is 24.3 Å². The molecule has 0 bridgehead atoms. The fourth-order valence-electron chi connectivity index (χ4n) is 1.88. The molecule has 22 heavy (non-hydrogen) atoms. The molecular weight excluding hydrogens is 284 g/mol. The molecule has 0 aliphatic rings. The van der Waals surface area contributed by atoms with Crippen LogP contribution in [0.3, 0.4) is 0 Å². The third kappa shape index (κ3) is 3.79. The van der Waals surface area contributed by atoms with Gasteiger partial charge in [-0.1, -0.05) is 30.3 Å². The van der Waals surface area contributed by atoms with E-state index in [0.717, 1.165) is 0 Å². The number of benzene rings is 2. The van der Waals surface area contributed by atoms with Gasteiger partial charge in [-0.05, 0) is 18.2 Å². The minimum atomic E-state index is -0.572. The average Bonchev–Trinajstić information content (AvgIpc) is 2.48. The Morgan fingerprint density at radius 3 is 1.91 bits per heavy atom. The van der Waals surface area contributed by atoms with E-state index in [2.05, 4.69) is 0 Å². The van der Waals surface area contributed by atoms with Gasteiger partial charge in [-0.3, -0.25) is 14.4 Å². The predicted molar refractivity (Wildman–Crippen MR) is 78.9 cm³/mol. The van der Waals surface area contributed by atoms with E-state index in [4.69, 9.17) is 9.47 Å². The zero-order chi connectivity index (χ0) is 16.1. The number of ether oxygens (including phenoxy) is 2. The van der Waals surface area contributed by atoms with Crippen LogP contribution in [0, 0.1) is 0 Å². The molecule has 0 saturated heterocycles. The van der Waals surface area contributed by atoms with Gasteiger partial charge in [-0.15, -0.1) is 0 Å². The summed E-state index contributed by atoms with van der Waals surface area (Å²) in [4.78, 5) is 34.6. The molecule has 0 fully saturated rings. The van der Waals surface area contributed by atoms with Crippen molar-refractivity contribution in [3.63, 3.8) is 0 Å². The van der Waals surface area contributed by atoms with Gasteiger partial charge in [0.15, 0.2) is 17.3 Å². The van der Waals surface area contributed by atoms with Crippen molar-refractivity contribution in [1.82, 2.24) is 0 Å². The quantitative estimate of drug-likeness (QED) is 0.493. The van der Waals surface area contributed by atoms with Crippen LogP contribution in [0.15, 0.2) is 48.5 Å². The van der Waals surface area contributed by atoms with Crippen LogP contribution in [0.4, 0.5) is 0 Å². The van der Waals surface area contributed by atoms with E-state index >= 15 is 0 Å². The highest BCUT2D eigenvalue weighted by Gasteiger charge is 2.15. The monoisotopic (exact) mass is 298 g/mol. The van der Waals surface area contributed by atoms with Crippen molar-refractivity contribution in [2.24, 2.45) is 0 Å². The van der Waals surface area contributed by atoms with Crippen LogP contribution < -0.4 is 9.47 Å². The van der Waals surface area contributed by atoms with Gasteiger partial charge in [0.2, 0.25) is 0 Å². The highest BCUT2D eigenvalue weighted by molar-refractivity contribution is 6.09. The number of carbonyl (C=O) groups excluding carboxylic acids is 3. The first-order valence-corrected chi connectivity index (χ1v) is 6.58. The summed E-state index contributed by atoms with van der Waals surface area (Å²) in [6.07, 6.45) is 0. The van der Waals surface area contributed by atoms with Gasteiger partial charge in [-0.25, -0.2) is 0 Å². The zero-order valence-electron chi connectivity index (χ0n) is 12.2. The molecule has 0 aliphatic heterocycles. The van der Waals surface area contributed by atoms with Gasteiger partial charge in [0.25, 0.3) is 0 Å². The third-order valence-corrected chi connectivity index (χ3v) is 2.75. The molecule has 5 heteroatoms. The Morgan fingerprint density at radius 2 is 1.32 bits per heavy atom. The molecule has 0 heterocycles. The maximum atomic E-state index is 12.4. The molecule has 5 nitrogen and oxygen atoms in total. The largest absolute Gasteiger partial charge is 0.423 e. The standard InChI is InChI=1S/C17H14O5/c1-11(18)21-15-9-8-14(10-16(15)22-12(2)19)17(20)13-6-4-3-5-7-13/h3-10H,1-2H3. The molecule has 0 radical (unpaired) electrons. The zero-order valence-corrected chi connectivity index (χ0v) is 12.2. The van der Waals surface area contributed by atoms with Gasteiger partial charge in [0.05, 0.1) is 0 Å². The fourth-order valence-corrected chi connectivity index (χ4v) is 1.88. The Kier molecular flexibility index (Phi) is 4.68. The summed E-state index contributed by atoms with van der Waals surface area (Å²) in [6.45, 7) is 2.46. The molecule has 0 aromatic heterocycles. The van der Waals surface area contributed by atoms with E-state index in [1.165, 1.54) is 32.0 Å². The van der Waals surface area contributed by atoms with Gasteiger partial charge in [-0.2, -0.15) is 0 Å². The van der Waals surface area contributed by atoms with E-state index in [-0.39, 0.29) is 17.3 Å². The molecule has 0 saturated carbocycles. The number of esters is 2. The molecule has 0 N–H and O–H groups in total. The third-order valence-electron chi connectivity index (χ3n) is 2.75. The highest BCUT2D eigenvalue weighted by atomic mass is 16.6. The van der Waals surface area contributed by atoms with Crippen molar-refractivity contribution in [2.45, 2.75) is 13.8 Å². The fraction of sp³-hybridized carbons (Fsp3) is 0.118. The summed E-state index contributed by atoms with van der Waals surface area (Å²) in [7, 11) is 0. The molecule has 0 unspecified atom stereocenters. The van der Waals surface area contributed by atoms with Gasteiger partial charge in [0, 0.05) is 25.0 Å².